The molecule has 5 nitrogen and oxygen atoms in total. The van der Waals surface area contributed by atoms with Gasteiger partial charge in [0.1, 0.15) is 5.82 Å². The van der Waals surface area contributed by atoms with Gasteiger partial charge in [0.15, 0.2) is 17.3 Å². The molecule has 5 heteroatoms. The highest BCUT2D eigenvalue weighted by molar-refractivity contribution is 5.61. The van der Waals surface area contributed by atoms with E-state index in [1.54, 1.807) is 14.2 Å². The van der Waals surface area contributed by atoms with Crippen molar-refractivity contribution < 1.29 is 9.47 Å². The summed E-state index contributed by atoms with van der Waals surface area (Å²) in [6, 6.07) is 5.86. The van der Waals surface area contributed by atoms with Crippen molar-refractivity contribution in [3.63, 3.8) is 0 Å². The van der Waals surface area contributed by atoms with Crippen molar-refractivity contribution in [2.75, 3.05) is 14.2 Å². The Morgan fingerprint density at radius 3 is 2.57 bits per heavy atom. The Kier molecular flexibility index (Phi) is 3.35. The van der Waals surface area contributed by atoms with Gasteiger partial charge in [0.2, 0.25) is 0 Å². The largest absolute Gasteiger partial charge is 0.493 e. The van der Waals surface area contributed by atoms with Gasteiger partial charge in [-0.25, -0.2) is 0 Å². The zero-order valence-corrected chi connectivity index (χ0v) is 13.0. The molecule has 0 aliphatic carbocycles. The minimum Gasteiger partial charge on any atom is -0.493 e. The third-order valence-corrected chi connectivity index (χ3v) is 4.08. The summed E-state index contributed by atoms with van der Waals surface area (Å²) in [6.07, 6.45) is 2.13. The number of ether oxygens (including phenoxy) is 2. The molecular formula is C16H21N3O2. The van der Waals surface area contributed by atoms with Crippen LogP contribution in [0.25, 0.3) is 11.4 Å². The molecule has 2 heterocycles. The maximum absolute atomic E-state index is 5.38. The Balaban J connectivity index is 2.04. The van der Waals surface area contributed by atoms with Crippen molar-refractivity contribution in [2.45, 2.75) is 33.2 Å². The normalized spacial score (nSPS) is 16.4. The Labute approximate surface area is 124 Å². The van der Waals surface area contributed by atoms with Crippen LogP contribution in [0, 0.1) is 5.41 Å². The molecule has 21 heavy (non-hydrogen) atoms. The molecule has 0 spiro atoms. The van der Waals surface area contributed by atoms with Crippen molar-refractivity contribution in [2.24, 2.45) is 5.41 Å². The van der Waals surface area contributed by atoms with E-state index < -0.39 is 0 Å². The van der Waals surface area contributed by atoms with Crippen LogP contribution >= 0.6 is 0 Å². The van der Waals surface area contributed by atoms with Crippen LogP contribution in [0.2, 0.25) is 0 Å². The van der Waals surface area contributed by atoms with Crippen LogP contribution in [0.1, 0.15) is 26.1 Å². The summed E-state index contributed by atoms with van der Waals surface area (Å²) in [5.41, 5.74) is 1.28. The summed E-state index contributed by atoms with van der Waals surface area (Å²) in [6.45, 7) is 5.52. The minimum atomic E-state index is 0.278. The van der Waals surface area contributed by atoms with Crippen LogP contribution in [-0.2, 0) is 13.0 Å². The quantitative estimate of drug-likeness (QED) is 0.871. The monoisotopic (exact) mass is 287 g/mol. The molecule has 0 N–H and O–H groups in total. The first-order valence-electron chi connectivity index (χ1n) is 7.18. The van der Waals surface area contributed by atoms with Crippen molar-refractivity contribution >= 4 is 0 Å². The molecule has 1 aliphatic heterocycles. The smallest absolute Gasteiger partial charge is 0.164 e. The summed E-state index contributed by atoms with van der Waals surface area (Å²) in [5, 5.41) is 8.72. The highest BCUT2D eigenvalue weighted by Gasteiger charge is 2.28. The number of benzene rings is 1. The molecule has 1 aromatic heterocycles. The first kappa shape index (κ1) is 13.9. The second-order valence-corrected chi connectivity index (χ2v) is 6.26. The first-order valence-corrected chi connectivity index (χ1v) is 7.18. The zero-order valence-electron chi connectivity index (χ0n) is 13.0. The lowest BCUT2D eigenvalue weighted by molar-refractivity contribution is 0.248. The molecule has 3 rings (SSSR count). The molecule has 0 unspecified atom stereocenters. The predicted octanol–water partition coefficient (Wildman–Crippen LogP) is 2.93. The van der Waals surface area contributed by atoms with E-state index in [2.05, 4.69) is 28.6 Å². The van der Waals surface area contributed by atoms with E-state index in [1.807, 2.05) is 18.2 Å². The summed E-state index contributed by atoms with van der Waals surface area (Å²) in [7, 11) is 3.28. The zero-order chi connectivity index (χ0) is 15.0. The van der Waals surface area contributed by atoms with Crippen molar-refractivity contribution in [1.82, 2.24) is 14.8 Å². The first-order chi connectivity index (χ1) is 10.0. The van der Waals surface area contributed by atoms with Crippen LogP contribution in [0.4, 0.5) is 0 Å². The van der Waals surface area contributed by atoms with E-state index in [9.17, 15) is 0 Å². The molecule has 0 saturated heterocycles. The Bertz CT molecular complexity index is 662. The SMILES string of the molecule is COc1ccc(-c2nnc3n2CC(C)(C)CC3)cc1OC. The third kappa shape index (κ3) is 2.48. The molecule has 0 amide bonds. The molecule has 0 radical (unpaired) electrons. The molecule has 0 saturated carbocycles. The number of fused-ring (bicyclic) bond motifs is 1. The van der Waals surface area contributed by atoms with Crippen molar-refractivity contribution in [3.8, 4) is 22.9 Å². The van der Waals surface area contributed by atoms with Crippen LogP contribution < -0.4 is 9.47 Å². The number of hydrogen-bond acceptors (Lipinski definition) is 4. The van der Waals surface area contributed by atoms with E-state index >= 15 is 0 Å². The van der Waals surface area contributed by atoms with Gasteiger partial charge >= 0.3 is 0 Å². The summed E-state index contributed by atoms with van der Waals surface area (Å²) < 4.78 is 12.9. The van der Waals surface area contributed by atoms with E-state index in [1.165, 1.54) is 0 Å². The molecule has 0 fully saturated rings. The fourth-order valence-electron chi connectivity index (χ4n) is 2.83. The lowest BCUT2D eigenvalue weighted by Crippen LogP contribution is -2.27. The van der Waals surface area contributed by atoms with Crippen LogP contribution in [-0.4, -0.2) is 29.0 Å². The molecular weight excluding hydrogens is 266 g/mol. The number of nitrogens with zero attached hydrogens (tertiary/aromatic N) is 3. The van der Waals surface area contributed by atoms with E-state index in [0.29, 0.717) is 5.75 Å². The van der Waals surface area contributed by atoms with Gasteiger partial charge in [-0.1, -0.05) is 13.8 Å². The highest BCUT2D eigenvalue weighted by Crippen LogP contribution is 2.35. The molecule has 1 aliphatic rings. The summed E-state index contributed by atoms with van der Waals surface area (Å²) in [5.74, 6) is 3.40. The number of methoxy groups -OCH3 is 2. The van der Waals surface area contributed by atoms with E-state index in [0.717, 1.165) is 42.3 Å². The van der Waals surface area contributed by atoms with Gasteiger partial charge < -0.3 is 14.0 Å². The van der Waals surface area contributed by atoms with Crippen LogP contribution in [0.15, 0.2) is 18.2 Å². The molecule has 0 atom stereocenters. The highest BCUT2D eigenvalue weighted by atomic mass is 16.5. The Morgan fingerprint density at radius 2 is 1.86 bits per heavy atom. The van der Waals surface area contributed by atoms with Crippen molar-refractivity contribution in [1.29, 1.82) is 0 Å². The van der Waals surface area contributed by atoms with Crippen LogP contribution in [0.5, 0.6) is 11.5 Å². The fraction of sp³-hybridized carbons (Fsp3) is 0.500. The van der Waals surface area contributed by atoms with Crippen molar-refractivity contribution in [3.05, 3.63) is 24.0 Å². The summed E-state index contributed by atoms with van der Waals surface area (Å²) >= 11 is 0. The van der Waals surface area contributed by atoms with Gasteiger partial charge in [-0.15, -0.1) is 10.2 Å². The van der Waals surface area contributed by atoms with Gasteiger partial charge in [-0.05, 0) is 30.0 Å². The predicted molar refractivity (Wildman–Crippen MR) is 80.7 cm³/mol. The average Bonchev–Trinajstić information content (AvgIpc) is 2.88. The Hall–Kier alpha value is -2.04. The van der Waals surface area contributed by atoms with Crippen LogP contribution in [0.3, 0.4) is 0 Å². The number of rotatable bonds is 3. The van der Waals surface area contributed by atoms with Gasteiger partial charge in [0.05, 0.1) is 14.2 Å². The van der Waals surface area contributed by atoms with E-state index in [4.69, 9.17) is 9.47 Å². The third-order valence-electron chi connectivity index (χ3n) is 4.08. The molecule has 112 valence electrons. The maximum Gasteiger partial charge on any atom is 0.164 e. The topological polar surface area (TPSA) is 49.2 Å². The second-order valence-electron chi connectivity index (χ2n) is 6.26. The number of aromatic nitrogens is 3. The standard InChI is InChI=1S/C16H21N3O2/c1-16(2)8-7-14-17-18-15(19(14)10-16)11-5-6-12(20-3)13(9-11)21-4/h5-6,9H,7-8,10H2,1-4H3. The van der Waals surface area contributed by atoms with Gasteiger partial charge in [-0.3, -0.25) is 0 Å². The summed E-state index contributed by atoms with van der Waals surface area (Å²) in [4.78, 5) is 0. The molecule has 1 aromatic carbocycles. The fourth-order valence-corrected chi connectivity index (χ4v) is 2.83. The minimum absolute atomic E-state index is 0.278. The second kappa shape index (κ2) is 5.06. The molecule has 2 aromatic rings. The average molecular weight is 287 g/mol. The number of hydrogen-bond donors (Lipinski definition) is 0. The van der Waals surface area contributed by atoms with Gasteiger partial charge in [0, 0.05) is 18.5 Å². The van der Waals surface area contributed by atoms with E-state index in [-0.39, 0.29) is 5.41 Å². The maximum atomic E-state index is 5.38. The lowest BCUT2D eigenvalue weighted by Gasteiger charge is -2.30. The number of aryl methyl sites for hydroxylation is 1. The lowest BCUT2D eigenvalue weighted by atomic mass is 9.85. The molecule has 0 bridgehead atoms. The van der Waals surface area contributed by atoms with Gasteiger partial charge in [0.25, 0.3) is 0 Å². The van der Waals surface area contributed by atoms with Gasteiger partial charge in [-0.2, -0.15) is 0 Å². The Morgan fingerprint density at radius 1 is 1.10 bits per heavy atom.